The number of rotatable bonds is 7. The molecule has 0 atom stereocenters. The highest BCUT2D eigenvalue weighted by Gasteiger charge is 2.21. The Hall–Kier alpha value is -3.36. The predicted octanol–water partition coefficient (Wildman–Crippen LogP) is 3.37. The number of nitrogen functional groups attached to an aromatic ring is 1. The topological polar surface area (TPSA) is 93.8 Å². The van der Waals surface area contributed by atoms with Crippen molar-refractivity contribution in [1.82, 2.24) is 14.9 Å². The number of piperazine rings is 1. The van der Waals surface area contributed by atoms with E-state index in [1.165, 1.54) is 19.2 Å². The van der Waals surface area contributed by atoms with Gasteiger partial charge in [0, 0.05) is 62.4 Å². The van der Waals surface area contributed by atoms with Crippen LogP contribution in [0.5, 0.6) is 5.75 Å². The van der Waals surface area contributed by atoms with Crippen LogP contribution in [0.3, 0.4) is 0 Å². The average molecular weight is 468 g/mol. The summed E-state index contributed by atoms with van der Waals surface area (Å²) in [5, 5.41) is 0.292. The van der Waals surface area contributed by atoms with Crippen LogP contribution in [-0.4, -0.2) is 67.3 Å². The minimum atomic E-state index is -0.481. The minimum absolute atomic E-state index is 0.266. The lowest BCUT2D eigenvalue weighted by Crippen LogP contribution is -2.47. The summed E-state index contributed by atoms with van der Waals surface area (Å²) < 4.78 is 10.7. The van der Waals surface area contributed by atoms with Crippen LogP contribution in [0.1, 0.15) is 10.4 Å². The molecule has 33 heavy (non-hydrogen) atoms. The first-order valence-corrected chi connectivity index (χ1v) is 11.1. The van der Waals surface area contributed by atoms with Gasteiger partial charge in [-0.05, 0) is 12.1 Å². The Morgan fingerprint density at radius 2 is 1.94 bits per heavy atom. The molecule has 4 rings (SSSR count). The number of anilines is 2. The first kappa shape index (κ1) is 22.8. The average Bonchev–Trinajstić information content (AvgIpc) is 2.86. The van der Waals surface area contributed by atoms with E-state index >= 15 is 0 Å². The SMILES string of the molecule is COc1cc(N)c(Cl)cc1C(=O)OCCN1CCN(c2ccccc2-c2cnccn2)CC1. The molecule has 0 spiro atoms. The number of carbonyl (C=O) groups is 1. The number of esters is 1. The molecule has 2 aromatic carbocycles. The summed E-state index contributed by atoms with van der Waals surface area (Å²) in [7, 11) is 1.47. The fraction of sp³-hybridized carbons (Fsp3) is 0.292. The Balaban J connectivity index is 1.31. The molecule has 172 valence electrons. The molecular formula is C24H26ClN5O3. The normalized spacial score (nSPS) is 14.2. The molecule has 1 aromatic heterocycles. The number of ether oxygens (including phenoxy) is 2. The zero-order valence-electron chi connectivity index (χ0n) is 18.4. The largest absolute Gasteiger partial charge is 0.496 e. The number of benzene rings is 2. The van der Waals surface area contributed by atoms with Crippen molar-refractivity contribution in [3.05, 3.63) is 65.6 Å². The first-order valence-electron chi connectivity index (χ1n) is 10.7. The Labute approximate surface area is 197 Å². The van der Waals surface area contributed by atoms with E-state index in [2.05, 4.69) is 31.9 Å². The molecule has 9 heteroatoms. The summed E-state index contributed by atoms with van der Waals surface area (Å²) in [6.07, 6.45) is 5.17. The van der Waals surface area contributed by atoms with Crippen LogP contribution >= 0.6 is 11.6 Å². The standard InChI is InChI=1S/C24H26ClN5O3/c1-32-23-15-20(26)19(25)14-18(23)24(31)33-13-12-29-8-10-30(11-9-29)22-5-3-2-4-17(22)21-16-27-6-7-28-21/h2-7,14-16H,8-13,26H2,1H3. The predicted molar refractivity (Wildman–Crippen MR) is 129 cm³/mol. The van der Waals surface area contributed by atoms with Crippen molar-refractivity contribution in [2.75, 3.05) is 57.1 Å². The zero-order chi connectivity index (χ0) is 23.2. The molecule has 0 unspecified atom stereocenters. The number of para-hydroxylation sites is 1. The molecule has 1 aliphatic heterocycles. The number of hydrogen-bond acceptors (Lipinski definition) is 8. The number of carbonyl (C=O) groups excluding carboxylic acids is 1. The van der Waals surface area contributed by atoms with Gasteiger partial charge in [-0.15, -0.1) is 0 Å². The van der Waals surface area contributed by atoms with E-state index in [1.54, 1.807) is 18.6 Å². The molecule has 1 saturated heterocycles. The van der Waals surface area contributed by atoms with Crippen molar-refractivity contribution >= 4 is 28.9 Å². The van der Waals surface area contributed by atoms with Gasteiger partial charge in [0.15, 0.2) is 0 Å². The molecule has 1 fully saturated rings. The van der Waals surface area contributed by atoms with Gasteiger partial charge in [-0.25, -0.2) is 4.79 Å². The van der Waals surface area contributed by atoms with Crippen molar-refractivity contribution in [2.45, 2.75) is 0 Å². The number of nitrogens with two attached hydrogens (primary N) is 1. The van der Waals surface area contributed by atoms with Gasteiger partial charge in [-0.3, -0.25) is 14.9 Å². The van der Waals surface area contributed by atoms with Crippen molar-refractivity contribution < 1.29 is 14.3 Å². The van der Waals surface area contributed by atoms with Gasteiger partial charge in [0.05, 0.1) is 29.7 Å². The highest BCUT2D eigenvalue weighted by Crippen LogP contribution is 2.30. The molecule has 2 N–H and O–H groups in total. The van der Waals surface area contributed by atoms with E-state index < -0.39 is 5.97 Å². The maximum Gasteiger partial charge on any atom is 0.342 e. The van der Waals surface area contributed by atoms with Gasteiger partial charge in [0.25, 0.3) is 0 Å². The van der Waals surface area contributed by atoms with Crippen LogP contribution in [0.4, 0.5) is 11.4 Å². The zero-order valence-corrected chi connectivity index (χ0v) is 19.2. The third-order valence-corrected chi connectivity index (χ3v) is 5.96. The van der Waals surface area contributed by atoms with E-state index in [1.807, 2.05) is 12.1 Å². The highest BCUT2D eigenvalue weighted by atomic mass is 35.5. The van der Waals surface area contributed by atoms with E-state index in [4.69, 9.17) is 26.8 Å². The smallest absolute Gasteiger partial charge is 0.342 e. The lowest BCUT2D eigenvalue weighted by molar-refractivity contribution is 0.0455. The van der Waals surface area contributed by atoms with Gasteiger partial charge in [-0.2, -0.15) is 0 Å². The summed E-state index contributed by atoms with van der Waals surface area (Å²) in [6.45, 7) is 4.39. The van der Waals surface area contributed by atoms with E-state index in [-0.39, 0.29) is 12.2 Å². The van der Waals surface area contributed by atoms with E-state index in [9.17, 15) is 4.79 Å². The molecule has 3 aromatic rings. The number of halogens is 1. The first-order chi connectivity index (χ1) is 16.1. The number of hydrogen-bond donors (Lipinski definition) is 1. The van der Waals surface area contributed by atoms with Crippen LogP contribution in [0.25, 0.3) is 11.3 Å². The molecule has 8 nitrogen and oxygen atoms in total. The summed E-state index contributed by atoms with van der Waals surface area (Å²) in [5.74, 6) is -0.137. The second kappa shape index (κ2) is 10.5. The number of methoxy groups -OCH3 is 1. The summed E-state index contributed by atoms with van der Waals surface area (Å²) in [4.78, 5) is 25.8. The van der Waals surface area contributed by atoms with Crippen LogP contribution in [0.2, 0.25) is 5.02 Å². The molecule has 0 amide bonds. The molecule has 0 saturated carbocycles. The van der Waals surface area contributed by atoms with Gasteiger partial charge >= 0.3 is 5.97 Å². The fourth-order valence-corrected chi connectivity index (χ4v) is 4.02. The Morgan fingerprint density at radius 1 is 1.15 bits per heavy atom. The second-order valence-corrected chi connectivity index (χ2v) is 8.05. The van der Waals surface area contributed by atoms with Crippen LogP contribution in [0, 0.1) is 0 Å². The van der Waals surface area contributed by atoms with Gasteiger partial charge in [0.1, 0.15) is 17.9 Å². The van der Waals surface area contributed by atoms with Crippen molar-refractivity contribution in [3.63, 3.8) is 0 Å². The van der Waals surface area contributed by atoms with Gasteiger partial charge < -0.3 is 20.1 Å². The number of aromatic nitrogens is 2. The summed E-state index contributed by atoms with van der Waals surface area (Å²) in [5.41, 5.74) is 9.48. The molecule has 0 aliphatic carbocycles. The molecule has 1 aliphatic rings. The third-order valence-electron chi connectivity index (χ3n) is 5.64. The molecule has 0 radical (unpaired) electrons. The summed E-state index contributed by atoms with van der Waals surface area (Å²) >= 11 is 6.05. The summed E-state index contributed by atoms with van der Waals surface area (Å²) in [6, 6.07) is 11.2. The fourth-order valence-electron chi connectivity index (χ4n) is 3.86. The van der Waals surface area contributed by atoms with Crippen LogP contribution < -0.4 is 15.4 Å². The lowest BCUT2D eigenvalue weighted by atomic mass is 10.1. The second-order valence-electron chi connectivity index (χ2n) is 7.65. The minimum Gasteiger partial charge on any atom is -0.496 e. The highest BCUT2D eigenvalue weighted by molar-refractivity contribution is 6.33. The monoisotopic (exact) mass is 467 g/mol. The van der Waals surface area contributed by atoms with Gasteiger partial charge in [0.2, 0.25) is 0 Å². The van der Waals surface area contributed by atoms with Gasteiger partial charge in [-0.1, -0.05) is 29.8 Å². The molecule has 0 bridgehead atoms. The lowest BCUT2D eigenvalue weighted by Gasteiger charge is -2.36. The Bertz CT molecular complexity index is 1100. The molecule has 2 heterocycles. The van der Waals surface area contributed by atoms with Crippen LogP contribution in [0.15, 0.2) is 55.0 Å². The van der Waals surface area contributed by atoms with Crippen LogP contribution in [-0.2, 0) is 4.74 Å². The Kier molecular flexibility index (Phi) is 7.26. The Morgan fingerprint density at radius 3 is 2.67 bits per heavy atom. The molecular weight excluding hydrogens is 442 g/mol. The quantitative estimate of drug-likeness (QED) is 0.417. The van der Waals surface area contributed by atoms with Crippen molar-refractivity contribution in [1.29, 1.82) is 0 Å². The van der Waals surface area contributed by atoms with Crippen molar-refractivity contribution in [2.24, 2.45) is 0 Å². The van der Waals surface area contributed by atoms with E-state index in [0.29, 0.717) is 23.0 Å². The maximum atomic E-state index is 12.5. The third kappa shape index (κ3) is 5.35. The van der Waals surface area contributed by atoms with E-state index in [0.717, 1.165) is 43.1 Å². The maximum absolute atomic E-state index is 12.5. The van der Waals surface area contributed by atoms with Crippen molar-refractivity contribution in [3.8, 4) is 17.0 Å². The number of nitrogens with zero attached hydrogens (tertiary/aromatic N) is 4.